The Kier molecular flexibility index (Phi) is 61.3. The summed E-state index contributed by atoms with van der Waals surface area (Å²) < 4.78 is 16.9. The Balaban J connectivity index is 4.39. The SMILES string of the molecule is CC/C=C\C/C=C\C/C=C\C/C=C\C/C=C\C/C=C\C/C=C\C/C=C\C/C=C\CCCC(=O)OCC(COC(=O)CCCCCCCCCCCCCC)OC(=O)CCCCCCCCCCCCCCCCCCCC. The van der Waals surface area contributed by atoms with Crippen LogP contribution in [-0.2, 0) is 28.6 Å². The first kappa shape index (κ1) is 73.1. The lowest BCUT2D eigenvalue weighted by atomic mass is 10.0. The van der Waals surface area contributed by atoms with Crippen LogP contribution in [0.5, 0.6) is 0 Å². The molecule has 0 spiro atoms. The summed E-state index contributed by atoms with van der Waals surface area (Å²) in [5, 5.41) is 0. The Morgan fingerprint density at radius 1 is 0.273 bits per heavy atom. The van der Waals surface area contributed by atoms with E-state index in [9.17, 15) is 14.4 Å². The lowest BCUT2D eigenvalue weighted by Gasteiger charge is -2.18. The molecule has 0 heterocycles. The second-order valence-corrected chi connectivity index (χ2v) is 21.3. The predicted octanol–water partition coefficient (Wildman–Crippen LogP) is 22.2. The third kappa shape index (κ3) is 62.8. The number of esters is 3. The Hall–Kier alpha value is -3.93. The summed E-state index contributed by atoms with van der Waals surface area (Å²) in [6.45, 7) is 6.50. The summed E-state index contributed by atoms with van der Waals surface area (Å²) in [7, 11) is 0. The third-order valence-electron chi connectivity index (χ3n) is 13.8. The minimum Gasteiger partial charge on any atom is -0.462 e. The first-order valence-corrected chi connectivity index (χ1v) is 32.4. The van der Waals surface area contributed by atoms with Crippen molar-refractivity contribution in [3.8, 4) is 0 Å². The minimum atomic E-state index is -0.800. The number of ether oxygens (including phenoxy) is 3. The fraction of sp³-hybridized carbons (Fsp3) is 0.704. The van der Waals surface area contributed by atoms with Crippen LogP contribution in [0.4, 0.5) is 0 Å². The normalized spacial score (nSPS) is 12.8. The highest BCUT2D eigenvalue weighted by Gasteiger charge is 2.19. The van der Waals surface area contributed by atoms with E-state index >= 15 is 0 Å². The van der Waals surface area contributed by atoms with E-state index < -0.39 is 6.10 Å². The van der Waals surface area contributed by atoms with Crippen molar-refractivity contribution in [3.63, 3.8) is 0 Å². The van der Waals surface area contributed by atoms with Crippen molar-refractivity contribution in [2.75, 3.05) is 13.2 Å². The number of unbranched alkanes of at least 4 members (excludes halogenated alkanes) is 29. The molecule has 0 aromatic rings. The maximum atomic E-state index is 12.9. The van der Waals surface area contributed by atoms with Gasteiger partial charge in [0.15, 0.2) is 6.10 Å². The van der Waals surface area contributed by atoms with Crippen molar-refractivity contribution in [2.24, 2.45) is 0 Å². The molecule has 0 saturated carbocycles. The molecule has 77 heavy (non-hydrogen) atoms. The van der Waals surface area contributed by atoms with E-state index in [4.69, 9.17) is 14.2 Å². The fourth-order valence-corrected chi connectivity index (χ4v) is 8.98. The molecule has 0 N–H and O–H groups in total. The van der Waals surface area contributed by atoms with Crippen LogP contribution in [0.25, 0.3) is 0 Å². The van der Waals surface area contributed by atoms with Crippen LogP contribution in [0.3, 0.4) is 0 Å². The Morgan fingerprint density at radius 2 is 0.506 bits per heavy atom. The molecule has 6 nitrogen and oxygen atoms in total. The quantitative estimate of drug-likeness (QED) is 0.0261. The van der Waals surface area contributed by atoms with Gasteiger partial charge in [-0.2, -0.15) is 0 Å². The molecule has 0 rings (SSSR count). The minimum absolute atomic E-state index is 0.0925. The second-order valence-electron chi connectivity index (χ2n) is 21.3. The summed E-state index contributed by atoms with van der Waals surface area (Å²) >= 11 is 0. The predicted molar refractivity (Wildman–Crippen MR) is 334 cm³/mol. The largest absolute Gasteiger partial charge is 0.462 e. The number of allylic oxidation sites excluding steroid dienone is 18. The number of carbonyl (C=O) groups is 3. The van der Waals surface area contributed by atoms with Gasteiger partial charge in [-0.3, -0.25) is 14.4 Å². The maximum absolute atomic E-state index is 12.9. The summed E-state index contributed by atoms with van der Waals surface area (Å²) in [6, 6.07) is 0. The molecule has 0 aromatic heterocycles. The Labute approximate surface area is 476 Å². The van der Waals surface area contributed by atoms with Gasteiger partial charge in [0.1, 0.15) is 13.2 Å². The lowest BCUT2D eigenvalue weighted by molar-refractivity contribution is -0.167. The van der Waals surface area contributed by atoms with Gasteiger partial charge in [-0.05, 0) is 83.5 Å². The Morgan fingerprint density at radius 3 is 0.792 bits per heavy atom. The molecule has 0 fully saturated rings. The topological polar surface area (TPSA) is 78.9 Å². The van der Waals surface area contributed by atoms with Crippen LogP contribution in [0.1, 0.15) is 303 Å². The van der Waals surface area contributed by atoms with Crippen molar-refractivity contribution in [3.05, 3.63) is 109 Å². The molecule has 0 aliphatic heterocycles. The van der Waals surface area contributed by atoms with Crippen molar-refractivity contribution in [1.82, 2.24) is 0 Å². The maximum Gasteiger partial charge on any atom is 0.306 e. The van der Waals surface area contributed by atoms with E-state index in [-0.39, 0.29) is 37.5 Å². The van der Waals surface area contributed by atoms with Gasteiger partial charge in [-0.1, -0.05) is 310 Å². The van der Waals surface area contributed by atoms with Crippen LogP contribution in [0.15, 0.2) is 109 Å². The summed E-state index contributed by atoms with van der Waals surface area (Å²) in [6.07, 6.45) is 88.2. The summed E-state index contributed by atoms with van der Waals surface area (Å²) in [5.74, 6) is -0.944. The van der Waals surface area contributed by atoms with Crippen LogP contribution in [0.2, 0.25) is 0 Å². The molecule has 440 valence electrons. The number of hydrogen-bond donors (Lipinski definition) is 0. The van der Waals surface area contributed by atoms with Crippen LogP contribution < -0.4 is 0 Å². The fourth-order valence-electron chi connectivity index (χ4n) is 8.98. The molecule has 0 bridgehead atoms. The molecule has 0 radical (unpaired) electrons. The smallest absolute Gasteiger partial charge is 0.306 e. The van der Waals surface area contributed by atoms with Gasteiger partial charge < -0.3 is 14.2 Å². The molecule has 0 aliphatic carbocycles. The van der Waals surface area contributed by atoms with Crippen molar-refractivity contribution < 1.29 is 28.6 Å². The molecule has 0 saturated heterocycles. The van der Waals surface area contributed by atoms with Gasteiger partial charge in [-0.15, -0.1) is 0 Å². The van der Waals surface area contributed by atoms with Crippen molar-refractivity contribution in [2.45, 2.75) is 309 Å². The van der Waals surface area contributed by atoms with Crippen LogP contribution in [-0.4, -0.2) is 37.2 Å². The van der Waals surface area contributed by atoms with E-state index in [0.29, 0.717) is 19.3 Å². The van der Waals surface area contributed by atoms with Crippen LogP contribution in [0, 0.1) is 0 Å². The zero-order chi connectivity index (χ0) is 55.7. The van der Waals surface area contributed by atoms with Gasteiger partial charge in [0.25, 0.3) is 0 Å². The molecular formula is C71H120O6. The van der Waals surface area contributed by atoms with Gasteiger partial charge in [0.2, 0.25) is 0 Å². The highest BCUT2D eigenvalue weighted by atomic mass is 16.6. The first-order valence-electron chi connectivity index (χ1n) is 32.4. The summed E-state index contributed by atoms with van der Waals surface area (Å²) in [5.41, 5.74) is 0. The van der Waals surface area contributed by atoms with E-state index in [1.165, 1.54) is 154 Å². The highest BCUT2D eigenvalue weighted by molar-refractivity contribution is 5.71. The summed E-state index contributed by atoms with van der Waals surface area (Å²) in [4.78, 5) is 38.2. The van der Waals surface area contributed by atoms with Gasteiger partial charge >= 0.3 is 17.9 Å². The monoisotopic (exact) mass is 1070 g/mol. The van der Waals surface area contributed by atoms with E-state index in [1.807, 2.05) is 0 Å². The average molecular weight is 1070 g/mol. The number of hydrogen-bond acceptors (Lipinski definition) is 6. The lowest BCUT2D eigenvalue weighted by Crippen LogP contribution is -2.30. The molecule has 0 aliphatic rings. The zero-order valence-corrected chi connectivity index (χ0v) is 50.4. The van der Waals surface area contributed by atoms with Gasteiger partial charge in [0, 0.05) is 19.3 Å². The molecule has 0 aromatic carbocycles. The van der Waals surface area contributed by atoms with Crippen molar-refractivity contribution in [1.29, 1.82) is 0 Å². The second kappa shape index (κ2) is 64.6. The Bertz CT molecular complexity index is 1560. The van der Waals surface area contributed by atoms with E-state index in [1.54, 1.807) is 0 Å². The van der Waals surface area contributed by atoms with Crippen molar-refractivity contribution >= 4 is 17.9 Å². The van der Waals surface area contributed by atoms with E-state index in [2.05, 4.69) is 130 Å². The van der Waals surface area contributed by atoms with Crippen LogP contribution >= 0.6 is 0 Å². The highest BCUT2D eigenvalue weighted by Crippen LogP contribution is 2.17. The van der Waals surface area contributed by atoms with Gasteiger partial charge in [0.05, 0.1) is 0 Å². The molecule has 0 amide bonds. The molecule has 1 unspecified atom stereocenters. The van der Waals surface area contributed by atoms with Gasteiger partial charge in [-0.25, -0.2) is 0 Å². The molecular weight excluding hydrogens is 949 g/mol. The molecule has 1 atom stereocenters. The zero-order valence-electron chi connectivity index (χ0n) is 50.4. The first-order chi connectivity index (χ1) is 38.0. The van der Waals surface area contributed by atoms with E-state index in [0.717, 1.165) is 103 Å². The average Bonchev–Trinajstić information content (AvgIpc) is 3.43. The third-order valence-corrected chi connectivity index (χ3v) is 13.8. The molecule has 6 heteroatoms. The number of carbonyl (C=O) groups excluding carboxylic acids is 3. The standard InChI is InChI=1S/C71H120O6/c1-4-7-10-13-16-19-22-25-27-29-31-32-33-34-35-36-37-38-39-40-41-43-44-46-49-52-55-58-61-64-70(73)76-67-68(66-75-69(72)63-60-57-54-51-48-24-21-18-15-12-9-6-3)77-71(74)65-62-59-56-53-50-47-45-42-30-28-26-23-20-17-14-11-8-5-2/h7,10,16,19,25,27,31-32,34-35,37-38,40-41,44,46,52,55,68H,4-6,8-9,11-15,17-18,20-24,26,28-30,33,36,39,42-43,45,47-51,53-54,56-67H2,1-3H3/b10-7-,19-16-,27-25-,32-31-,35-34-,38-37-,41-40-,46-44-,55-52-. The number of rotatable bonds is 58.